The molecule has 20 heavy (non-hydrogen) atoms. The molecule has 3 atom stereocenters. The molecule has 1 aliphatic carbocycles. The van der Waals surface area contributed by atoms with Gasteiger partial charge in [0.15, 0.2) is 0 Å². The van der Waals surface area contributed by atoms with Gasteiger partial charge < -0.3 is 10.2 Å². The second-order valence-electron chi connectivity index (χ2n) is 5.99. The number of likely N-dealkylation sites (tertiary alicyclic amines) is 1. The van der Waals surface area contributed by atoms with E-state index in [1.54, 1.807) is 0 Å². The summed E-state index contributed by atoms with van der Waals surface area (Å²) in [4.78, 5) is 26.2. The molecule has 4 heteroatoms. The Bertz CT molecular complexity index is 382. The number of hydrogen-bond acceptors (Lipinski definition) is 2. The van der Waals surface area contributed by atoms with Gasteiger partial charge in [-0.3, -0.25) is 9.59 Å². The van der Waals surface area contributed by atoms with E-state index in [9.17, 15) is 9.59 Å². The third-order valence-electron chi connectivity index (χ3n) is 4.42. The molecule has 0 aromatic carbocycles. The maximum atomic E-state index is 12.8. The van der Waals surface area contributed by atoms with E-state index in [1.807, 2.05) is 4.90 Å². The Morgan fingerprint density at radius 1 is 1.35 bits per heavy atom. The monoisotopic (exact) mass is 277 g/mol. The molecule has 0 aromatic heterocycles. The van der Waals surface area contributed by atoms with E-state index in [0.29, 0.717) is 6.04 Å². The highest BCUT2D eigenvalue weighted by atomic mass is 16.2. The first-order chi connectivity index (χ1) is 9.59. The molecular formula is C16H25N2O2. The van der Waals surface area contributed by atoms with E-state index in [0.717, 1.165) is 45.1 Å². The van der Waals surface area contributed by atoms with Crippen LogP contribution in [0.5, 0.6) is 0 Å². The number of amides is 2. The van der Waals surface area contributed by atoms with Gasteiger partial charge in [0.2, 0.25) is 11.8 Å². The molecule has 1 heterocycles. The van der Waals surface area contributed by atoms with Crippen LogP contribution in [-0.2, 0) is 9.59 Å². The summed E-state index contributed by atoms with van der Waals surface area (Å²) < 4.78 is 0. The normalized spacial score (nSPS) is 25.3. The Morgan fingerprint density at radius 2 is 2.15 bits per heavy atom. The second kappa shape index (κ2) is 6.91. The molecule has 1 N–H and O–H groups in total. The van der Waals surface area contributed by atoms with Crippen LogP contribution in [0.25, 0.3) is 0 Å². The number of nitrogens with one attached hydrogen (secondary N) is 1. The highest BCUT2D eigenvalue weighted by Gasteiger charge is 2.35. The van der Waals surface area contributed by atoms with Crippen molar-refractivity contribution in [1.29, 1.82) is 0 Å². The molecule has 0 spiro atoms. The summed E-state index contributed by atoms with van der Waals surface area (Å²) in [5.41, 5.74) is 0. The van der Waals surface area contributed by atoms with Crippen LogP contribution in [0.4, 0.5) is 0 Å². The van der Waals surface area contributed by atoms with Crippen LogP contribution in [0.2, 0.25) is 0 Å². The summed E-state index contributed by atoms with van der Waals surface area (Å²) in [6, 6.07) is -0.0597. The topological polar surface area (TPSA) is 49.4 Å². The minimum absolute atomic E-state index is 0.108. The first-order valence-electron chi connectivity index (χ1n) is 7.72. The maximum absolute atomic E-state index is 12.8. The van der Waals surface area contributed by atoms with Gasteiger partial charge in [0.25, 0.3) is 0 Å². The number of allylic oxidation sites excluding steroid dienone is 2. The van der Waals surface area contributed by atoms with Gasteiger partial charge in [-0.2, -0.15) is 0 Å². The van der Waals surface area contributed by atoms with E-state index in [2.05, 4.69) is 24.4 Å². The average molecular weight is 277 g/mol. The standard InChI is InChI=1S/C16H25N2O2/c1-12-8-7-11-18(12)16(20)15(17-13(2)19)14-9-5-3-4-6-10-14/h3,12,14-15H,5-11H2,1-2H3,(H,17,19)/t12?,14?,15-/m0/s1. The van der Waals surface area contributed by atoms with Crippen molar-refractivity contribution < 1.29 is 9.59 Å². The van der Waals surface area contributed by atoms with Gasteiger partial charge >= 0.3 is 0 Å². The Balaban J connectivity index is 2.09. The molecule has 0 aromatic rings. The van der Waals surface area contributed by atoms with E-state index in [-0.39, 0.29) is 23.8 Å². The minimum Gasteiger partial charge on any atom is -0.344 e. The SMILES string of the molecule is CC(=O)N[C@H](C(=O)N1CCCC1C)C1CC[C]=CCC1. The van der Waals surface area contributed by atoms with E-state index in [4.69, 9.17) is 0 Å². The largest absolute Gasteiger partial charge is 0.344 e. The average Bonchev–Trinajstić information content (AvgIpc) is 2.67. The van der Waals surface area contributed by atoms with Crippen molar-refractivity contribution in [3.8, 4) is 0 Å². The number of carbonyl (C=O) groups excluding carboxylic acids is 2. The van der Waals surface area contributed by atoms with Crippen molar-refractivity contribution >= 4 is 11.8 Å². The molecular weight excluding hydrogens is 252 g/mol. The predicted octanol–water partition coefficient (Wildman–Crippen LogP) is 2.05. The second-order valence-corrected chi connectivity index (χ2v) is 5.99. The van der Waals surface area contributed by atoms with Gasteiger partial charge in [0.1, 0.15) is 6.04 Å². The van der Waals surface area contributed by atoms with Gasteiger partial charge in [-0.1, -0.05) is 6.08 Å². The van der Waals surface area contributed by atoms with Gasteiger partial charge in [0.05, 0.1) is 0 Å². The zero-order chi connectivity index (χ0) is 14.5. The summed E-state index contributed by atoms with van der Waals surface area (Å²) in [5, 5.41) is 2.90. The number of rotatable bonds is 3. The van der Waals surface area contributed by atoms with Crippen molar-refractivity contribution in [2.45, 2.75) is 64.5 Å². The van der Waals surface area contributed by atoms with Crippen molar-refractivity contribution in [3.05, 3.63) is 12.2 Å². The molecule has 111 valence electrons. The first kappa shape index (κ1) is 15.1. The lowest BCUT2D eigenvalue weighted by atomic mass is 9.90. The van der Waals surface area contributed by atoms with Crippen molar-refractivity contribution in [3.63, 3.8) is 0 Å². The van der Waals surface area contributed by atoms with Gasteiger partial charge in [-0.25, -0.2) is 0 Å². The Kier molecular flexibility index (Phi) is 5.21. The summed E-state index contributed by atoms with van der Waals surface area (Å²) in [6.45, 7) is 4.42. The van der Waals surface area contributed by atoms with E-state index in [1.165, 1.54) is 6.92 Å². The number of hydrogen-bond donors (Lipinski definition) is 1. The Hall–Kier alpha value is -1.32. The zero-order valence-corrected chi connectivity index (χ0v) is 12.5. The fourth-order valence-corrected chi connectivity index (χ4v) is 3.29. The number of nitrogens with zero attached hydrogens (tertiary/aromatic N) is 1. The summed E-state index contributed by atoms with van der Waals surface area (Å²) in [7, 11) is 0. The van der Waals surface area contributed by atoms with Gasteiger partial charge in [0, 0.05) is 19.5 Å². The van der Waals surface area contributed by atoms with Crippen LogP contribution in [0.3, 0.4) is 0 Å². The highest BCUT2D eigenvalue weighted by Crippen LogP contribution is 2.25. The van der Waals surface area contributed by atoms with Crippen LogP contribution in [0.1, 0.15) is 52.4 Å². The molecule has 2 rings (SSSR count). The van der Waals surface area contributed by atoms with Crippen LogP contribution < -0.4 is 5.32 Å². The molecule has 2 amide bonds. The predicted molar refractivity (Wildman–Crippen MR) is 77.8 cm³/mol. The molecule has 2 aliphatic rings. The van der Waals surface area contributed by atoms with Crippen molar-refractivity contribution in [1.82, 2.24) is 10.2 Å². The molecule has 0 saturated carbocycles. The molecule has 1 aliphatic heterocycles. The third kappa shape index (κ3) is 3.62. The van der Waals surface area contributed by atoms with Gasteiger partial charge in [-0.05, 0) is 57.4 Å². The lowest BCUT2D eigenvalue weighted by molar-refractivity contribution is -0.138. The van der Waals surface area contributed by atoms with Crippen LogP contribution in [0, 0.1) is 12.0 Å². The molecule has 2 unspecified atom stereocenters. The van der Waals surface area contributed by atoms with E-state index < -0.39 is 0 Å². The van der Waals surface area contributed by atoms with Crippen molar-refractivity contribution in [2.75, 3.05) is 6.54 Å². The molecule has 1 saturated heterocycles. The molecule has 1 fully saturated rings. The summed E-state index contributed by atoms with van der Waals surface area (Å²) >= 11 is 0. The lowest BCUT2D eigenvalue weighted by Gasteiger charge is -2.31. The van der Waals surface area contributed by atoms with E-state index >= 15 is 0 Å². The quantitative estimate of drug-likeness (QED) is 0.858. The van der Waals surface area contributed by atoms with Crippen LogP contribution in [-0.4, -0.2) is 35.3 Å². The lowest BCUT2D eigenvalue weighted by Crippen LogP contribution is -2.52. The van der Waals surface area contributed by atoms with Crippen molar-refractivity contribution in [2.24, 2.45) is 5.92 Å². The highest BCUT2D eigenvalue weighted by molar-refractivity contribution is 5.87. The Morgan fingerprint density at radius 3 is 2.80 bits per heavy atom. The molecule has 0 bridgehead atoms. The van der Waals surface area contributed by atoms with Crippen LogP contribution in [0.15, 0.2) is 6.08 Å². The smallest absolute Gasteiger partial charge is 0.245 e. The fourth-order valence-electron chi connectivity index (χ4n) is 3.29. The minimum atomic E-state index is -0.360. The summed E-state index contributed by atoms with van der Waals surface area (Å²) in [6.07, 6.45) is 11.1. The fraction of sp³-hybridized carbons (Fsp3) is 0.750. The molecule has 1 radical (unpaired) electrons. The summed E-state index contributed by atoms with van der Waals surface area (Å²) in [5.74, 6) is 0.221. The van der Waals surface area contributed by atoms with Gasteiger partial charge in [-0.15, -0.1) is 0 Å². The molecule has 4 nitrogen and oxygen atoms in total. The third-order valence-corrected chi connectivity index (χ3v) is 4.42. The number of carbonyl (C=O) groups is 2. The maximum Gasteiger partial charge on any atom is 0.245 e. The van der Waals surface area contributed by atoms with Crippen LogP contribution >= 0.6 is 0 Å². The Labute approximate surface area is 121 Å². The zero-order valence-electron chi connectivity index (χ0n) is 12.5. The first-order valence-corrected chi connectivity index (χ1v) is 7.72.